The minimum atomic E-state index is -0.612. The number of aromatic hydroxyl groups is 1. The molecule has 0 saturated heterocycles. The summed E-state index contributed by atoms with van der Waals surface area (Å²) in [6.07, 6.45) is 1.48. The Kier molecular flexibility index (Phi) is 2.45. The maximum atomic E-state index is 13.3. The molecule has 14 heavy (non-hydrogen) atoms. The second-order valence-electron chi connectivity index (χ2n) is 2.73. The lowest BCUT2D eigenvalue weighted by Gasteiger charge is -2.03. The molecule has 0 bridgehead atoms. The van der Waals surface area contributed by atoms with Gasteiger partial charge < -0.3 is 9.52 Å². The van der Waals surface area contributed by atoms with E-state index >= 15 is 0 Å². The summed E-state index contributed by atoms with van der Waals surface area (Å²) < 4.78 is 18.7. The van der Waals surface area contributed by atoms with E-state index in [9.17, 15) is 9.50 Å². The van der Waals surface area contributed by atoms with Crippen molar-refractivity contribution in [2.45, 2.75) is 0 Å². The summed E-state index contributed by atoms with van der Waals surface area (Å²) in [5.41, 5.74) is 0.368. The predicted molar refractivity (Wildman–Crippen MR) is 58.5 cm³/mol. The molecule has 2 rings (SSSR count). The summed E-state index contributed by atoms with van der Waals surface area (Å²) in [6.45, 7) is 0. The zero-order valence-electron chi connectivity index (χ0n) is 7.00. The van der Waals surface area contributed by atoms with Crippen molar-refractivity contribution in [1.29, 1.82) is 0 Å². The van der Waals surface area contributed by atoms with Crippen molar-refractivity contribution in [2.75, 3.05) is 0 Å². The topological polar surface area (TPSA) is 33.4 Å². The first kappa shape index (κ1) is 9.51. The lowest BCUT2D eigenvalue weighted by atomic mass is 10.1. The molecular weight excluding hydrogens is 298 g/mol. The van der Waals surface area contributed by atoms with Gasteiger partial charge in [0.1, 0.15) is 5.76 Å². The third-order valence-corrected chi connectivity index (χ3v) is 2.69. The molecule has 0 atom stereocenters. The number of rotatable bonds is 1. The van der Waals surface area contributed by atoms with Gasteiger partial charge >= 0.3 is 0 Å². The second kappa shape index (κ2) is 3.61. The Morgan fingerprint density at radius 2 is 2.07 bits per heavy atom. The zero-order chi connectivity index (χ0) is 10.1. The molecule has 0 aliphatic carbocycles. The first-order chi connectivity index (χ1) is 6.70. The van der Waals surface area contributed by atoms with Crippen molar-refractivity contribution in [1.82, 2.24) is 0 Å². The molecule has 0 radical (unpaired) electrons. The highest BCUT2D eigenvalue weighted by atomic mass is 127. The van der Waals surface area contributed by atoms with Gasteiger partial charge in [-0.1, -0.05) is 0 Å². The van der Waals surface area contributed by atoms with Gasteiger partial charge in [0, 0.05) is 0 Å². The monoisotopic (exact) mass is 304 g/mol. The van der Waals surface area contributed by atoms with Gasteiger partial charge in [-0.2, -0.15) is 0 Å². The van der Waals surface area contributed by atoms with Crippen molar-refractivity contribution in [3.63, 3.8) is 0 Å². The molecule has 0 saturated carbocycles. The summed E-state index contributed by atoms with van der Waals surface area (Å²) in [6, 6.07) is 6.57. The third kappa shape index (κ3) is 1.50. The number of halogens is 2. The summed E-state index contributed by atoms with van der Waals surface area (Å²) in [5, 5.41) is 9.51. The van der Waals surface area contributed by atoms with Crippen molar-refractivity contribution in [2.24, 2.45) is 0 Å². The summed E-state index contributed by atoms with van der Waals surface area (Å²) >= 11 is 1.82. The fourth-order valence-electron chi connectivity index (χ4n) is 1.17. The van der Waals surface area contributed by atoms with E-state index < -0.39 is 5.82 Å². The molecule has 1 aromatic carbocycles. The van der Waals surface area contributed by atoms with E-state index in [0.29, 0.717) is 14.9 Å². The van der Waals surface area contributed by atoms with Gasteiger partial charge in [0.2, 0.25) is 0 Å². The summed E-state index contributed by atoms with van der Waals surface area (Å²) in [5.74, 6) is -0.524. The fourth-order valence-corrected chi connectivity index (χ4v) is 1.61. The molecule has 72 valence electrons. The van der Waals surface area contributed by atoms with Gasteiger partial charge in [0.05, 0.1) is 15.4 Å². The van der Waals surface area contributed by atoms with Gasteiger partial charge in [-0.05, 0) is 46.9 Å². The minimum Gasteiger partial charge on any atom is -0.504 e. The van der Waals surface area contributed by atoms with E-state index in [1.165, 1.54) is 6.26 Å². The average molecular weight is 304 g/mol. The van der Waals surface area contributed by atoms with Crippen LogP contribution in [-0.4, -0.2) is 5.11 Å². The maximum absolute atomic E-state index is 13.3. The smallest absolute Gasteiger partial charge is 0.178 e. The van der Waals surface area contributed by atoms with Crippen LogP contribution in [0.2, 0.25) is 0 Å². The maximum Gasteiger partial charge on any atom is 0.178 e. The van der Waals surface area contributed by atoms with Crippen molar-refractivity contribution < 1.29 is 13.9 Å². The molecule has 0 aliphatic rings. The Bertz CT molecular complexity index is 451. The van der Waals surface area contributed by atoms with Crippen LogP contribution in [0.15, 0.2) is 34.9 Å². The summed E-state index contributed by atoms with van der Waals surface area (Å²) in [4.78, 5) is 0. The lowest BCUT2D eigenvalue weighted by Crippen LogP contribution is -1.85. The molecule has 1 heterocycles. The Morgan fingerprint density at radius 1 is 1.29 bits per heavy atom. The van der Waals surface area contributed by atoms with Crippen LogP contribution in [0, 0.1) is 9.39 Å². The van der Waals surface area contributed by atoms with Crippen molar-refractivity contribution >= 4 is 22.6 Å². The van der Waals surface area contributed by atoms with Gasteiger partial charge in [0.25, 0.3) is 0 Å². The Hall–Kier alpha value is -1.04. The van der Waals surface area contributed by atoms with E-state index in [2.05, 4.69) is 0 Å². The first-order valence-electron chi connectivity index (χ1n) is 3.91. The molecule has 0 aliphatic heterocycles. The Labute approximate surface area is 93.5 Å². The minimum absolute atomic E-state index is 0.368. The lowest BCUT2D eigenvalue weighted by molar-refractivity contribution is 0.430. The average Bonchev–Trinajstić information content (AvgIpc) is 2.67. The van der Waals surface area contributed by atoms with Gasteiger partial charge in [-0.3, -0.25) is 0 Å². The highest BCUT2D eigenvalue weighted by Crippen LogP contribution is 2.33. The Balaban J connectivity index is 2.61. The highest BCUT2D eigenvalue weighted by Gasteiger charge is 2.13. The Morgan fingerprint density at radius 3 is 2.71 bits per heavy atom. The van der Waals surface area contributed by atoms with Crippen LogP contribution in [0.3, 0.4) is 0 Å². The number of phenolic OH excluding ortho intramolecular Hbond substituents is 1. The molecule has 0 fully saturated rings. The summed E-state index contributed by atoms with van der Waals surface area (Å²) in [7, 11) is 0. The zero-order valence-corrected chi connectivity index (χ0v) is 9.16. The van der Waals surface area contributed by atoms with Crippen LogP contribution in [0.4, 0.5) is 4.39 Å². The normalized spacial score (nSPS) is 10.4. The number of hydrogen-bond donors (Lipinski definition) is 1. The van der Waals surface area contributed by atoms with Gasteiger partial charge in [-0.25, -0.2) is 4.39 Å². The number of furan rings is 1. The molecule has 0 spiro atoms. The quantitative estimate of drug-likeness (QED) is 0.819. The van der Waals surface area contributed by atoms with E-state index in [-0.39, 0.29) is 5.75 Å². The number of benzene rings is 1. The molecule has 2 aromatic rings. The van der Waals surface area contributed by atoms with Gasteiger partial charge in [0.15, 0.2) is 11.6 Å². The largest absolute Gasteiger partial charge is 0.504 e. The number of phenols is 1. The fraction of sp³-hybridized carbons (Fsp3) is 0. The molecule has 1 aromatic heterocycles. The van der Waals surface area contributed by atoms with E-state index in [1.807, 2.05) is 22.6 Å². The van der Waals surface area contributed by atoms with Crippen LogP contribution < -0.4 is 0 Å². The standard InChI is InChI=1S/C10H6FIO2/c11-9-7(12)4-3-6(10(9)13)8-2-1-5-14-8/h1-5,13H. The second-order valence-corrected chi connectivity index (χ2v) is 3.90. The molecular formula is C10H6FIO2. The van der Waals surface area contributed by atoms with Crippen LogP contribution in [0.25, 0.3) is 11.3 Å². The molecule has 4 heteroatoms. The molecule has 0 amide bonds. The predicted octanol–water partition coefficient (Wildman–Crippen LogP) is 3.40. The first-order valence-corrected chi connectivity index (χ1v) is 4.99. The molecule has 0 unspecified atom stereocenters. The van der Waals surface area contributed by atoms with Crippen LogP contribution in [0.5, 0.6) is 5.75 Å². The number of hydrogen-bond acceptors (Lipinski definition) is 2. The molecule has 1 N–H and O–H groups in total. The third-order valence-electron chi connectivity index (χ3n) is 1.86. The van der Waals surface area contributed by atoms with Crippen LogP contribution >= 0.6 is 22.6 Å². The SMILES string of the molecule is Oc1c(-c2ccco2)ccc(I)c1F. The molecule has 2 nitrogen and oxygen atoms in total. The van der Waals surface area contributed by atoms with Crippen molar-refractivity contribution in [3.05, 3.63) is 39.9 Å². The van der Waals surface area contributed by atoms with E-state index in [0.717, 1.165) is 0 Å². The van der Waals surface area contributed by atoms with Crippen LogP contribution in [0.1, 0.15) is 0 Å². The van der Waals surface area contributed by atoms with Gasteiger partial charge in [-0.15, -0.1) is 0 Å². The van der Waals surface area contributed by atoms with Crippen molar-refractivity contribution in [3.8, 4) is 17.1 Å². The van der Waals surface area contributed by atoms with Crippen LogP contribution in [-0.2, 0) is 0 Å². The van der Waals surface area contributed by atoms with E-state index in [1.54, 1.807) is 24.3 Å². The highest BCUT2D eigenvalue weighted by molar-refractivity contribution is 14.1. The van der Waals surface area contributed by atoms with E-state index in [4.69, 9.17) is 4.42 Å².